The van der Waals surface area contributed by atoms with E-state index in [2.05, 4.69) is 0 Å². The lowest BCUT2D eigenvalue weighted by molar-refractivity contribution is -0.0790. The first-order chi connectivity index (χ1) is 7.87. The van der Waals surface area contributed by atoms with Crippen molar-refractivity contribution in [1.29, 1.82) is 0 Å². The molecule has 3 nitrogen and oxygen atoms in total. The smallest absolute Gasteiger partial charge is 0.409 e. The molecule has 0 unspecified atom stereocenters. The second-order valence-corrected chi connectivity index (χ2v) is 3.15. The summed E-state index contributed by atoms with van der Waals surface area (Å²) in [6, 6.07) is 2.56. The van der Waals surface area contributed by atoms with Crippen LogP contribution in [0.5, 0.6) is 17.2 Å². The van der Waals surface area contributed by atoms with Crippen LogP contribution in [0.2, 0.25) is 0 Å². The maximum absolute atomic E-state index is 12.0. The molecule has 0 atom stereocenters. The van der Waals surface area contributed by atoms with Gasteiger partial charge in [-0.15, -0.1) is 0 Å². The number of allylic oxidation sites excluding steroid dienone is 1. The Morgan fingerprint density at radius 3 is 1.94 bits per heavy atom. The van der Waals surface area contributed by atoms with E-state index in [1.807, 2.05) is 0 Å². The Kier molecular flexibility index (Phi) is 3.88. The molecule has 1 aromatic rings. The summed E-state index contributed by atoms with van der Waals surface area (Å²) < 4.78 is 45.6. The Labute approximate surface area is 96.1 Å². The average Bonchev–Trinajstić information content (AvgIpc) is 2.26. The van der Waals surface area contributed by atoms with Crippen molar-refractivity contribution in [2.45, 2.75) is 6.18 Å². The number of benzene rings is 1. The number of rotatable bonds is 3. The van der Waals surface area contributed by atoms with Crippen LogP contribution in [-0.4, -0.2) is 25.5 Å². The Morgan fingerprint density at radius 2 is 1.59 bits per heavy atom. The first-order valence-electron chi connectivity index (χ1n) is 4.58. The van der Waals surface area contributed by atoms with Crippen LogP contribution in [0.3, 0.4) is 0 Å². The molecule has 0 aliphatic heterocycles. The van der Waals surface area contributed by atoms with Gasteiger partial charge in [0.25, 0.3) is 0 Å². The molecule has 0 heterocycles. The summed E-state index contributed by atoms with van der Waals surface area (Å²) in [5.74, 6) is -0.156. The van der Waals surface area contributed by atoms with Crippen LogP contribution in [0.4, 0.5) is 13.2 Å². The maximum atomic E-state index is 12.0. The molecule has 1 N–H and O–H groups in total. The first kappa shape index (κ1) is 13.2. The molecule has 0 aliphatic carbocycles. The Hall–Kier alpha value is -1.85. The highest BCUT2D eigenvalue weighted by molar-refractivity contribution is 5.61. The van der Waals surface area contributed by atoms with E-state index >= 15 is 0 Å². The minimum Gasteiger partial charge on any atom is -0.502 e. The van der Waals surface area contributed by atoms with Gasteiger partial charge in [0.15, 0.2) is 11.5 Å². The minimum absolute atomic E-state index is 0.0474. The quantitative estimate of drug-likeness (QED) is 0.893. The fourth-order valence-corrected chi connectivity index (χ4v) is 1.20. The molecule has 0 spiro atoms. The second-order valence-electron chi connectivity index (χ2n) is 3.15. The van der Waals surface area contributed by atoms with Crippen molar-refractivity contribution in [3.63, 3.8) is 0 Å². The van der Waals surface area contributed by atoms with Crippen molar-refractivity contribution in [3.05, 3.63) is 23.8 Å². The van der Waals surface area contributed by atoms with Crippen molar-refractivity contribution in [2.75, 3.05) is 14.2 Å². The van der Waals surface area contributed by atoms with E-state index in [0.29, 0.717) is 0 Å². The van der Waals surface area contributed by atoms with E-state index in [1.54, 1.807) is 0 Å². The van der Waals surface area contributed by atoms with E-state index in [1.165, 1.54) is 26.4 Å². The topological polar surface area (TPSA) is 38.7 Å². The first-order valence-corrected chi connectivity index (χ1v) is 4.58. The summed E-state index contributed by atoms with van der Waals surface area (Å²) in [7, 11) is 2.59. The normalized spacial score (nSPS) is 11.8. The number of halogens is 3. The summed E-state index contributed by atoms with van der Waals surface area (Å²) >= 11 is 0. The van der Waals surface area contributed by atoms with Gasteiger partial charge in [0.05, 0.1) is 14.2 Å². The number of phenolic OH excluding ortho intramolecular Hbond substituents is 1. The van der Waals surface area contributed by atoms with Gasteiger partial charge in [0.1, 0.15) is 0 Å². The van der Waals surface area contributed by atoms with Crippen molar-refractivity contribution in [1.82, 2.24) is 0 Å². The number of alkyl halides is 3. The molecular formula is C11H11F3O3. The summed E-state index contributed by atoms with van der Waals surface area (Å²) in [4.78, 5) is 0. The summed E-state index contributed by atoms with van der Waals surface area (Å²) in [5.41, 5.74) is 0.217. The maximum Gasteiger partial charge on any atom is 0.409 e. The number of phenols is 1. The molecular weight excluding hydrogens is 237 g/mol. The molecule has 0 radical (unpaired) electrons. The number of aromatic hydroxyl groups is 1. The molecule has 0 bridgehead atoms. The van der Waals surface area contributed by atoms with E-state index in [0.717, 1.165) is 6.08 Å². The van der Waals surface area contributed by atoms with Crippen LogP contribution in [0.15, 0.2) is 18.2 Å². The molecule has 0 fully saturated rings. The van der Waals surface area contributed by atoms with E-state index in [4.69, 9.17) is 9.47 Å². The lowest BCUT2D eigenvalue weighted by Gasteiger charge is -2.09. The highest BCUT2D eigenvalue weighted by Gasteiger charge is 2.22. The highest BCUT2D eigenvalue weighted by atomic mass is 19.4. The number of ether oxygens (including phenoxy) is 2. The SMILES string of the molecule is COc1cc(/C=C/C(F)(F)F)cc(OC)c1O. The zero-order valence-corrected chi connectivity index (χ0v) is 9.21. The molecule has 0 amide bonds. The predicted molar refractivity (Wildman–Crippen MR) is 56.3 cm³/mol. The van der Waals surface area contributed by atoms with Gasteiger partial charge in [0, 0.05) is 6.08 Å². The molecule has 0 saturated heterocycles. The molecule has 0 saturated carbocycles. The highest BCUT2D eigenvalue weighted by Crippen LogP contribution is 2.37. The van der Waals surface area contributed by atoms with Crippen molar-refractivity contribution in [3.8, 4) is 17.2 Å². The van der Waals surface area contributed by atoms with E-state index in [9.17, 15) is 18.3 Å². The Bertz CT molecular complexity index is 399. The van der Waals surface area contributed by atoms with Crippen LogP contribution in [-0.2, 0) is 0 Å². The van der Waals surface area contributed by atoms with Crippen LogP contribution in [0, 0.1) is 0 Å². The van der Waals surface area contributed by atoms with Crippen LogP contribution in [0.25, 0.3) is 6.08 Å². The largest absolute Gasteiger partial charge is 0.502 e. The minimum atomic E-state index is -4.39. The summed E-state index contributed by atoms with van der Waals surface area (Å²) in [6.45, 7) is 0. The van der Waals surface area contributed by atoms with Gasteiger partial charge in [-0.3, -0.25) is 0 Å². The molecule has 17 heavy (non-hydrogen) atoms. The van der Waals surface area contributed by atoms with E-state index < -0.39 is 6.18 Å². The van der Waals surface area contributed by atoms with Gasteiger partial charge >= 0.3 is 6.18 Å². The third-order valence-corrected chi connectivity index (χ3v) is 1.97. The van der Waals surface area contributed by atoms with Gasteiger partial charge in [-0.05, 0) is 23.8 Å². The van der Waals surface area contributed by atoms with Crippen LogP contribution >= 0.6 is 0 Å². The third-order valence-electron chi connectivity index (χ3n) is 1.97. The van der Waals surface area contributed by atoms with E-state index in [-0.39, 0.29) is 28.9 Å². The fourth-order valence-electron chi connectivity index (χ4n) is 1.20. The third kappa shape index (κ3) is 3.58. The van der Waals surface area contributed by atoms with Gasteiger partial charge in [-0.2, -0.15) is 13.2 Å². The monoisotopic (exact) mass is 248 g/mol. The fraction of sp³-hybridized carbons (Fsp3) is 0.273. The zero-order chi connectivity index (χ0) is 13.1. The second kappa shape index (κ2) is 4.99. The van der Waals surface area contributed by atoms with Gasteiger partial charge in [-0.1, -0.05) is 0 Å². The lowest BCUT2D eigenvalue weighted by atomic mass is 10.1. The zero-order valence-electron chi connectivity index (χ0n) is 9.21. The number of hydrogen-bond acceptors (Lipinski definition) is 3. The number of methoxy groups -OCH3 is 2. The summed E-state index contributed by atoms with van der Waals surface area (Å²) in [6.07, 6.45) is -3.43. The Balaban J connectivity index is 3.14. The standard InChI is InChI=1S/C11H11F3O3/c1-16-8-5-7(3-4-11(12,13)14)6-9(17-2)10(8)15/h3-6,15H,1-2H3/b4-3+. The van der Waals surface area contributed by atoms with Crippen molar-refractivity contribution < 1.29 is 27.8 Å². The lowest BCUT2D eigenvalue weighted by Crippen LogP contribution is -2.00. The molecule has 94 valence electrons. The molecule has 0 aliphatic rings. The summed E-state index contributed by atoms with van der Waals surface area (Å²) in [5, 5.41) is 9.55. The molecule has 1 aromatic carbocycles. The van der Waals surface area contributed by atoms with Crippen LogP contribution in [0.1, 0.15) is 5.56 Å². The number of hydrogen-bond donors (Lipinski definition) is 1. The Morgan fingerprint density at radius 1 is 1.12 bits per heavy atom. The molecule has 0 aromatic heterocycles. The van der Waals surface area contributed by atoms with Crippen molar-refractivity contribution >= 4 is 6.08 Å². The average molecular weight is 248 g/mol. The van der Waals surface area contributed by atoms with Gasteiger partial charge < -0.3 is 14.6 Å². The van der Waals surface area contributed by atoms with Crippen LogP contribution < -0.4 is 9.47 Å². The van der Waals surface area contributed by atoms with Gasteiger partial charge in [-0.25, -0.2) is 0 Å². The predicted octanol–water partition coefficient (Wildman–Crippen LogP) is 2.98. The molecule has 6 heteroatoms. The van der Waals surface area contributed by atoms with Crippen molar-refractivity contribution in [2.24, 2.45) is 0 Å². The molecule has 1 rings (SSSR count). The van der Waals surface area contributed by atoms with Gasteiger partial charge in [0.2, 0.25) is 5.75 Å².